The molecule has 8 aromatic carbocycles. The lowest BCUT2D eigenvalue weighted by Gasteiger charge is -2.11. The van der Waals surface area contributed by atoms with Crippen LogP contribution in [0.25, 0.3) is 133 Å². The third kappa shape index (κ3) is 12.6. The van der Waals surface area contributed by atoms with Crippen LogP contribution in [0.15, 0.2) is 244 Å². The van der Waals surface area contributed by atoms with Gasteiger partial charge in [0.1, 0.15) is 11.6 Å². The van der Waals surface area contributed by atoms with Crippen LogP contribution < -0.4 is 0 Å². The maximum Gasteiger partial charge on any atom is 0.126 e. The minimum absolute atomic E-state index is 0.202. The molecular weight excluding hydrogens is 1140 g/mol. The van der Waals surface area contributed by atoms with Crippen LogP contribution in [0.5, 0.6) is 0 Å². The van der Waals surface area contributed by atoms with Crippen LogP contribution in [-0.4, -0.2) is 60.3 Å². The second-order valence-corrected chi connectivity index (χ2v) is 22.8. The van der Waals surface area contributed by atoms with Crippen LogP contribution in [-0.2, 0) is 0 Å². The Morgan fingerprint density at radius 1 is 0.304 bits per heavy atom. The lowest BCUT2D eigenvalue weighted by molar-refractivity contribution is 0.618. The average molecular weight is 1210 g/mol. The van der Waals surface area contributed by atoms with Crippen LogP contribution in [0.3, 0.4) is 0 Å². The topological polar surface area (TPSA) is 166 Å². The molecule has 0 unspecified atom stereocenters. The molecule has 0 amide bonds. The highest BCUT2D eigenvalue weighted by molar-refractivity contribution is 5.93. The van der Waals surface area contributed by atoms with Gasteiger partial charge in [-0.15, -0.1) is 0 Å². The van der Waals surface area contributed by atoms with Gasteiger partial charge in [-0.05, 0) is 207 Å². The fourth-order valence-corrected chi connectivity index (χ4v) is 11.6. The molecular formula is C78H62F2N12. The van der Waals surface area contributed by atoms with Gasteiger partial charge in [0.05, 0.1) is 80.9 Å². The molecule has 14 heteroatoms. The van der Waals surface area contributed by atoms with Crippen molar-refractivity contribution in [2.45, 2.75) is 41.5 Å². The van der Waals surface area contributed by atoms with E-state index in [0.29, 0.717) is 11.1 Å². The van der Waals surface area contributed by atoms with Crippen molar-refractivity contribution in [2.24, 2.45) is 0 Å². The first-order valence-corrected chi connectivity index (χ1v) is 30.1. The van der Waals surface area contributed by atoms with Crippen LogP contribution >= 0.6 is 0 Å². The summed E-state index contributed by atoms with van der Waals surface area (Å²) in [5.74, 6) is -0.406. The van der Waals surface area contributed by atoms with Gasteiger partial charge in [0.15, 0.2) is 0 Å². The van der Waals surface area contributed by atoms with Crippen molar-refractivity contribution in [2.75, 3.05) is 0 Å². The minimum Gasteiger partial charge on any atom is -0.345 e. The number of hydrogen-bond acceptors (Lipinski definition) is 8. The van der Waals surface area contributed by atoms with E-state index in [9.17, 15) is 8.78 Å². The number of H-pyrrole nitrogens is 4. The van der Waals surface area contributed by atoms with Gasteiger partial charge >= 0.3 is 0 Å². The molecule has 0 spiro atoms. The molecule has 0 aliphatic heterocycles. The van der Waals surface area contributed by atoms with Gasteiger partial charge in [-0.25, -0.2) is 18.7 Å². The molecule has 448 valence electrons. The highest BCUT2D eigenvalue weighted by atomic mass is 19.1. The lowest BCUT2D eigenvalue weighted by Crippen LogP contribution is -1.91. The molecule has 0 aliphatic rings. The van der Waals surface area contributed by atoms with Gasteiger partial charge in [0, 0.05) is 80.1 Å². The van der Waals surface area contributed by atoms with E-state index in [2.05, 4.69) is 191 Å². The number of nitrogens with zero attached hydrogens (tertiary/aromatic N) is 8. The monoisotopic (exact) mass is 1200 g/mol. The summed E-state index contributed by atoms with van der Waals surface area (Å²) in [4.78, 5) is 33.1. The summed E-state index contributed by atoms with van der Waals surface area (Å²) < 4.78 is 27.1. The zero-order valence-corrected chi connectivity index (χ0v) is 51.4. The van der Waals surface area contributed by atoms with Crippen molar-refractivity contribution in [1.82, 2.24) is 60.3 Å². The molecule has 0 saturated carbocycles. The first-order valence-electron chi connectivity index (χ1n) is 30.1. The summed E-state index contributed by atoms with van der Waals surface area (Å²) >= 11 is 0. The number of imidazole rings is 2. The van der Waals surface area contributed by atoms with Crippen molar-refractivity contribution in [3.05, 3.63) is 289 Å². The fourth-order valence-electron chi connectivity index (χ4n) is 11.6. The summed E-state index contributed by atoms with van der Waals surface area (Å²) in [6.07, 6.45) is 14.3. The second kappa shape index (κ2) is 26.0. The molecule has 8 aromatic heterocycles. The van der Waals surface area contributed by atoms with E-state index in [1.165, 1.54) is 34.4 Å². The summed E-state index contributed by atoms with van der Waals surface area (Å²) in [5.41, 5.74) is 28.6. The number of benzene rings is 8. The summed E-state index contributed by atoms with van der Waals surface area (Å²) in [6, 6.07) is 64.1. The van der Waals surface area contributed by atoms with Gasteiger partial charge in [-0.1, -0.05) is 83.9 Å². The SMILES string of the molecule is Cc1cc(-c2ncccc2-c2cc(C)c3[nH]ncc3c2)ccc1F.Cc1cc(-c2ncccc2-c2ccc3nc[nH]c3c2)ccc1F.Cc1cccc(-c2ncccc2-c2cc(C)c3[nH]ncc3c2)c1.Cc1cccc(-c2ncccc2-c2ccc3nc[nH]c3c2)c1. The number of aryl methyl sites for hydroxylation is 6. The predicted molar refractivity (Wildman–Crippen MR) is 367 cm³/mol. The number of pyridine rings is 4. The molecule has 0 bridgehead atoms. The minimum atomic E-state index is -0.204. The Morgan fingerprint density at radius 2 is 0.663 bits per heavy atom. The Hall–Kier alpha value is -11.9. The van der Waals surface area contributed by atoms with Crippen LogP contribution in [0, 0.1) is 53.2 Å². The first kappa shape index (κ1) is 59.1. The lowest BCUT2D eigenvalue weighted by atomic mass is 9.96. The van der Waals surface area contributed by atoms with Gasteiger partial charge in [-0.3, -0.25) is 30.1 Å². The zero-order chi connectivity index (χ0) is 63.2. The number of nitrogens with one attached hydrogen (secondary N) is 4. The van der Waals surface area contributed by atoms with Crippen molar-refractivity contribution in [3.8, 4) is 89.5 Å². The number of halogens is 2. The summed E-state index contributed by atoms with van der Waals surface area (Å²) in [6.45, 7) is 11.9. The molecule has 16 rings (SSSR count). The standard InChI is InChI=1S/C20H16FN3.C20H17N3.C19H14FN3.C19H15N3/c1-12-8-14(5-6-18(12)21)20-17(4-3-7-22-20)15-9-13(2)19-16(10-15)11-23-24-19;1-13-5-3-6-15(9-13)20-18(7-4-8-21-20)16-10-14(2)19-17(11-16)12-22-23-19;1-12-9-14(4-6-16(12)20)19-15(3-2-8-21-19)13-5-7-17-18(10-13)23-11-22-17;1-13-4-2-5-15(10-13)19-16(6-3-9-20-19)14-7-8-17-18(11-14)22-12-21-17/h3-11H,1-2H3,(H,23,24);3-12H,1-2H3,(H,22,23);2-11H,1H3,(H,22,23);2-12H,1H3,(H,21,22). The first-order chi connectivity index (χ1) is 44.9. The Morgan fingerprint density at radius 3 is 1.04 bits per heavy atom. The molecule has 92 heavy (non-hydrogen) atoms. The molecule has 0 atom stereocenters. The number of hydrogen-bond donors (Lipinski definition) is 4. The van der Waals surface area contributed by atoms with Crippen LogP contribution in [0.2, 0.25) is 0 Å². The van der Waals surface area contributed by atoms with Crippen LogP contribution in [0.4, 0.5) is 8.78 Å². The predicted octanol–water partition coefficient (Wildman–Crippen LogP) is 19.3. The molecule has 0 saturated heterocycles. The van der Waals surface area contributed by atoms with E-state index in [-0.39, 0.29) is 11.6 Å². The van der Waals surface area contributed by atoms with E-state index >= 15 is 0 Å². The zero-order valence-electron chi connectivity index (χ0n) is 51.4. The van der Waals surface area contributed by atoms with E-state index in [1.807, 2.05) is 91.5 Å². The quantitative estimate of drug-likeness (QED) is 0.117. The number of aromatic amines is 4. The fraction of sp³-hybridized carbons (Fsp3) is 0.0769. The average Bonchev–Trinajstić information content (AvgIpc) is 1.43. The third-order valence-corrected chi connectivity index (χ3v) is 16.3. The van der Waals surface area contributed by atoms with E-state index in [4.69, 9.17) is 0 Å². The largest absolute Gasteiger partial charge is 0.345 e. The van der Waals surface area contributed by atoms with Crippen molar-refractivity contribution in [1.29, 1.82) is 0 Å². The maximum absolute atomic E-state index is 13.6. The number of aromatic nitrogens is 12. The summed E-state index contributed by atoms with van der Waals surface area (Å²) in [7, 11) is 0. The van der Waals surface area contributed by atoms with Crippen molar-refractivity contribution in [3.63, 3.8) is 0 Å². The summed E-state index contributed by atoms with van der Waals surface area (Å²) in [5, 5.41) is 16.5. The Bertz CT molecular complexity index is 5320. The van der Waals surface area contributed by atoms with Gasteiger partial charge in [0.2, 0.25) is 0 Å². The molecule has 0 aliphatic carbocycles. The molecule has 0 radical (unpaired) electrons. The molecule has 12 nitrogen and oxygen atoms in total. The van der Waals surface area contributed by atoms with E-state index in [0.717, 1.165) is 133 Å². The maximum atomic E-state index is 13.6. The van der Waals surface area contributed by atoms with Gasteiger partial charge in [-0.2, -0.15) is 10.2 Å². The van der Waals surface area contributed by atoms with Crippen molar-refractivity contribution < 1.29 is 8.78 Å². The Labute approximate surface area is 530 Å². The Balaban J connectivity index is 0.000000112. The van der Waals surface area contributed by atoms with Gasteiger partial charge < -0.3 is 9.97 Å². The van der Waals surface area contributed by atoms with Gasteiger partial charge in [0.25, 0.3) is 0 Å². The Kier molecular flexibility index (Phi) is 16.7. The second-order valence-electron chi connectivity index (χ2n) is 22.8. The molecule has 16 aromatic rings. The normalized spacial score (nSPS) is 11.0. The van der Waals surface area contributed by atoms with E-state index < -0.39 is 0 Å². The number of fused-ring (bicyclic) bond motifs is 4. The molecule has 4 N–H and O–H groups in total. The highest BCUT2D eigenvalue weighted by Crippen LogP contribution is 2.37. The number of rotatable bonds is 8. The van der Waals surface area contributed by atoms with Crippen LogP contribution in [0.1, 0.15) is 33.4 Å². The van der Waals surface area contributed by atoms with Crippen molar-refractivity contribution >= 4 is 43.9 Å². The highest BCUT2D eigenvalue weighted by Gasteiger charge is 2.16. The third-order valence-electron chi connectivity index (χ3n) is 16.3. The van der Waals surface area contributed by atoms with E-state index in [1.54, 1.807) is 51.0 Å². The smallest absolute Gasteiger partial charge is 0.126 e. The molecule has 8 heterocycles. The molecule has 0 fully saturated rings.